The van der Waals surface area contributed by atoms with Crippen LogP contribution in [0.5, 0.6) is 5.75 Å². The summed E-state index contributed by atoms with van der Waals surface area (Å²) in [6.45, 7) is 1.84. The van der Waals surface area contributed by atoms with Crippen LogP contribution in [0.4, 0.5) is 0 Å². The first-order valence-corrected chi connectivity index (χ1v) is 9.97. The third-order valence-electron chi connectivity index (χ3n) is 7.00. The molecular formula is C22H25N2O7+. The van der Waals surface area contributed by atoms with Crippen LogP contribution in [0.1, 0.15) is 30.4 Å². The molecule has 0 spiro atoms. The van der Waals surface area contributed by atoms with Gasteiger partial charge in [0.25, 0.3) is 0 Å². The number of phenolic OH excluding ortho intramolecular Hbond substituents is 1. The van der Waals surface area contributed by atoms with E-state index in [0.29, 0.717) is 5.56 Å². The molecule has 9 nitrogen and oxygen atoms in total. The number of carbonyl (C=O) groups excluding carboxylic acids is 3. The molecule has 9 heteroatoms. The molecule has 5 unspecified atom stereocenters. The van der Waals surface area contributed by atoms with Gasteiger partial charge in [0.05, 0.1) is 11.6 Å². The largest absolute Gasteiger partial charge is 0.508 e. The van der Waals surface area contributed by atoms with Crippen molar-refractivity contribution in [2.45, 2.75) is 30.9 Å². The van der Waals surface area contributed by atoms with Crippen LogP contribution in [-0.2, 0) is 14.4 Å². The van der Waals surface area contributed by atoms with Crippen molar-refractivity contribution in [3.8, 4) is 5.75 Å². The number of quaternary nitrogens is 1. The second-order valence-corrected chi connectivity index (χ2v) is 8.76. The smallest absolute Gasteiger partial charge is 0.348 e. The van der Waals surface area contributed by atoms with Gasteiger partial charge in [-0.2, -0.15) is 0 Å². The van der Waals surface area contributed by atoms with Gasteiger partial charge in [0.15, 0.2) is 22.7 Å². The van der Waals surface area contributed by atoms with E-state index in [2.05, 4.69) is 5.73 Å². The number of benzene rings is 1. The van der Waals surface area contributed by atoms with Crippen LogP contribution in [0.15, 0.2) is 35.1 Å². The summed E-state index contributed by atoms with van der Waals surface area (Å²) in [6, 6.07) is 3.71. The van der Waals surface area contributed by atoms with Crippen LogP contribution in [-0.4, -0.2) is 68.5 Å². The number of amides is 1. The monoisotopic (exact) mass is 429 g/mol. The summed E-state index contributed by atoms with van der Waals surface area (Å²) >= 11 is 0. The third-order valence-corrected chi connectivity index (χ3v) is 7.00. The van der Waals surface area contributed by atoms with Crippen molar-refractivity contribution in [2.24, 2.45) is 11.8 Å². The Kier molecular flexibility index (Phi) is 4.62. The predicted molar refractivity (Wildman–Crippen MR) is 108 cm³/mol. The fraction of sp³-hybridized carbons (Fsp3) is 0.409. The average molecular weight is 429 g/mol. The van der Waals surface area contributed by atoms with Crippen LogP contribution < -0.4 is 5.73 Å². The number of ketones is 2. The molecule has 4 rings (SSSR count). The van der Waals surface area contributed by atoms with Crippen LogP contribution >= 0.6 is 0 Å². The number of Topliss-reactive ketones (excluding diaryl/α,β-unsaturated/α-hetero) is 2. The van der Waals surface area contributed by atoms with E-state index in [-0.39, 0.29) is 29.2 Å². The first-order valence-electron chi connectivity index (χ1n) is 9.97. The molecule has 1 aromatic rings. The molecular weight excluding hydrogens is 404 g/mol. The first kappa shape index (κ1) is 21.2. The van der Waals surface area contributed by atoms with Crippen molar-refractivity contribution in [2.75, 3.05) is 14.1 Å². The number of hydrogen-bond donors (Lipinski definition) is 5. The summed E-state index contributed by atoms with van der Waals surface area (Å²) < 4.78 is 0. The molecule has 1 aromatic carbocycles. The number of aliphatic hydroxyl groups is 3. The lowest BCUT2D eigenvalue weighted by molar-refractivity contribution is -0.299. The Morgan fingerprint density at radius 3 is 2.42 bits per heavy atom. The maximum atomic E-state index is 13.6. The number of aromatic hydroxyl groups is 1. The number of fused-ring (bicyclic) bond motifs is 3. The van der Waals surface area contributed by atoms with Gasteiger partial charge in [-0.1, -0.05) is 19.1 Å². The standard InChI is InChI=1S/C22H24N2O7/c1-8-9-5-4-6-12(25)13(9)17(26)14-10(8)7-11-16(24(2)3)18(27)15(21(23)30)20(29)22(11,31)19(14)28/h4-6,8,10-11,16,25-26,29,31H,7H2,1-3H3,(H2,23,30)/p+1. The van der Waals surface area contributed by atoms with Gasteiger partial charge < -0.3 is 20.4 Å². The van der Waals surface area contributed by atoms with Gasteiger partial charge in [-0.25, -0.2) is 4.79 Å². The number of aliphatic hydroxyl groups excluding tert-OH is 2. The Balaban J connectivity index is 2.01. The lowest BCUT2D eigenvalue weighted by Gasteiger charge is -2.51. The fourth-order valence-corrected chi connectivity index (χ4v) is 5.53. The average Bonchev–Trinajstić information content (AvgIpc) is 2.68. The number of carbonyl (C=O) groups is 3. The van der Waals surface area contributed by atoms with Crippen molar-refractivity contribution >= 4 is 23.2 Å². The van der Waals surface area contributed by atoms with E-state index in [0.717, 1.165) is 0 Å². The molecule has 5 atom stereocenters. The van der Waals surface area contributed by atoms with Gasteiger partial charge in [0.2, 0.25) is 5.78 Å². The van der Waals surface area contributed by atoms with Gasteiger partial charge in [-0.15, -0.1) is 0 Å². The van der Waals surface area contributed by atoms with E-state index < -0.39 is 58.0 Å². The molecule has 7 N–H and O–H groups in total. The van der Waals surface area contributed by atoms with E-state index in [1.54, 1.807) is 26.2 Å². The second-order valence-electron chi connectivity index (χ2n) is 8.76. The summed E-state index contributed by atoms with van der Waals surface area (Å²) in [6.07, 6.45) is 0.0924. The molecule has 0 aromatic heterocycles. The van der Waals surface area contributed by atoms with E-state index in [1.807, 2.05) is 6.92 Å². The highest BCUT2D eigenvalue weighted by Crippen LogP contribution is 2.55. The Morgan fingerprint density at radius 1 is 1.19 bits per heavy atom. The van der Waals surface area contributed by atoms with Crippen molar-refractivity contribution in [1.29, 1.82) is 0 Å². The molecule has 0 saturated heterocycles. The van der Waals surface area contributed by atoms with Gasteiger partial charge in [0.1, 0.15) is 11.5 Å². The number of phenols is 1. The molecule has 3 aliphatic rings. The van der Waals surface area contributed by atoms with Gasteiger partial charge in [-0.3, -0.25) is 20.2 Å². The van der Waals surface area contributed by atoms with Crippen LogP contribution in [0, 0.1) is 11.8 Å². The van der Waals surface area contributed by atoms with Crippen molar-refractivity contribution in [3.05, 3.63) is 46.2 Å². The van der Waals surface area contributed by atoms with Gasteiger partial charge >= 0.3 is 5.91 Å². The zero-order chi connectivity index (χ0) is 23.0. The maximum absolute atomic E-state index is 13.6. The minimum atomic E-state index is -2.58. The molecule has 1 fully saturated rings. The molecule has 3 aliphatic carbocycles. The van der Waals surface area contributed by atoms with Crippen LogP contribution in [0.25, 0.3) is 5.76 Å². The number of rotatable bonds is 2. The Labute approximate surface area is 178 Å². The van der Waals surface area contributed by atoms with Crippen LogP contribution in [0.3, 0.4) is 0 Å². The first-order chi connectivity index (χ1) is 14.4. The lowest BCUT2D eigenvalue weighted by Crippen LogP contribution is -2.69. The molecule has 1 saturated carbocycles. The molecule has 0 heterocycles. The number of likely N-dealkylation sites (N-methyl/N-ethyl adjacent to an activating group) is 1. The zero-order valence-corrected chi connectivity index (χ0v) is 17.4. The minimum absolute atomic E-state index is 0.0924. The highest BCUT2D eigenvalue weighted by atomic mass is 16.3. The summed E-state index contributed by atoms with van der Waals surface area (Å²) in [5, 5.41) is 43.6. The predicted octanol–water partition coefficient (Wildman–Crippen LogP) is -0.192. The van der Waals surface area contributed by atoms with E-state index in [1.165, 1.54) is 11.0 Å². The van der Waals surface area contributed by atoms with Crippen molar-refractivity contribution in [1.82, 2.24) is 4.90 Å². The van der Waals surface area contributed by atoms with Gasteiger partial charge in [-0.05, 0) is 44.0 Å². The highest BCUT2D eigenvalue weighted by Gasteiger charge is 2.65. The van der Waals surface area contributed by atoms with E-state index in [9.17, 15) is 34.8 Å². The Morgan fingerprint density at radius 2 is 1.84 bits per heavy atom. The quantitative estimate of drug-likeness (QED) is 0.404. The van der Waals surface area contributed by atoms with E-state index >= 15 is 0 Å². The van der Waals surface area contributed by atoms with E-state index in [4.69, 9.17) is 0 Å². The third kappa shape index (κ3) is 2.57. The number of hydrogen-bond acceptors (Lipinski definition) is 8. The summed E-state index contributed by atoms with van der Waals surface area (Å²) in [4.78, 5) is 40.2. The topological polar surface area (TPSA) is 163 Å². The lowest BCUT2D eigenvalue weighted by atomic mass is 9.55. The summed E-state index contributed by atoms with van der Waals surface area (Å²) in [5.74, 6) is -6.34. The second kappa shape index (κ2) is 6.74. The fourth-order valence-electron chi connectivity index (χ4n) is 5.53. The molecule has 1 amide bonds. The highest BCUT2D eigenvalue weighted by molar-refractivity contribution is 6.22. The molecule has 0 bridgehead atoms. The maximum Gasteiger partial charge on any atom is 0.348 e. The van der Waals surface area contributed by atoms with Gasteiger partial charge in [0, 0.05) is 11.5 Å². The zero-order valence-electron chi connectivity index (χ0n) is 17.4. The minimum Gasteiger partial charge on any atom is -0.508 e. The summed E-state index contributed by atoms with van der Waals surface area (Å²) in [7, 11) is 3.17. The molecule has 0 radical (unpaired) electrons. The number of nitrogens with zero attached hydrogens (tertiary/aromatic N) is 1. The Hall–Kier alpha value is -3.01. The van der Waals surface area contributed by atoms with Crippen molar-refractivity contribution in [3.63, 3.8) is 0 Å². The molecule has 31 heavy (non-hydrogen) atoms. The SMILES string of the molecule is CC1c2cccc(O)c2C(O)=C2C(=O)C3(O)C(O)=C(C([NH3+])=O)C(=O)C(N(C)C)C3CC21. The summed E-state index contributed by atoms with van der Waals surface area (Å²) in [5.41, 5.74) is 0.511. The molecule has 164 valence electrons. The van der Waals surface area contributed by atoms with Crippen molar-refractivity contribution < 1.29 is 40.5 Å². The van der Waals surface area contributed by atoms with Crippen LogP contribution in [0.2, 0.25) is 0 Å². The molecule has 0 aliphatic heterocycles. The Bertz CT molecular complexity index is 1100. The normalized spacial score (nSPS) is 32.7.